The lowest BCUT2D eigenvalue weighted by atomic mass is 10.2. The average molecular weight is 276 g/mol. The van der Waals surface area contributed by atoms with Crippen molar-refractivity contribution in [2.45, 2.75) is 6.54 Å². The molecule has 0 aliphatic rings. The van der Waals surface area contributed by atoms with Gasteiger partial charge in [0.15, 0.2) is 0 Å². The molecule has 92 valence electrons. The van der Waals surface area contributed by atoms with Crippen molar-refractivity contribution < 1.29 is 9.90 Å². The number of imidazole rings is 1. The van der Waals surface area contributed by atoms with Gasteiger partial charge in [0.05, 0.1) is 0 Å². The van der Waals surface area contributed by atoms with E-state index in [0.29, 0.717) is 5.82 Å². The maximum absolute atomic E-state index is 10.6. The number of hydrogen-bond donors (Lipinski definition) is 1. The predicted octanol–water partition coefficient (Wildman–Crippen LogP) is 1.87. The molecule has 0 fully saturated rings. The second-order valence-corrected chi connectivity index (χ2v) is 3.01. The molecule has 0 aliphatic heterocycles. The van der Waals surface area contributed by atoms with E-state index in [0.717, 1.165) is 5.56 Å². The predicted molar refractivity (Wildman–Crippen MR) is 67.6 cm³/mol. The Hall–Kier alpha value is -1.59. The van der Waals surface area contributed by atoms with Crippen LogP contribution in [0.25, 0.3) is 11.4 Å². The Morgan fingerprint density at radius 3 is 2.47 bits per heavy atom. The third-order valence-corrected chi connectivity index (χ3v) is 1.96. The minimum atomic E-state index is -0.886. The fraction of sp³-hybridized carbons (Fsp3) is 0.100. The summed E-state index contributed by atoms with van der Waals surface area (Å²) in [6.45, 7) is -0.0857. The maximum Gasteiger partial charge on any atom is 0.323 e. The topological polar surface area (TPSA) is 68.0 Å². The van der Waals surface area contributed by atoms with Crippen LogP contribution in [0, 0.1) is 0 Å². The van der Waals surface area contributed by atoms with Crippen LogP contribution in [-0.2, 0) is 11.3 Å². The molecule has 2 aromatic rings. The lowest BCUT2D eigenvalue weighted by molar-refractivity contribution is -0.137. The molecule has 2 heterocycles. The number of halogens is 2. The molecule has 7 heteroatoms. The summed E-state index contributed by atoms with van der Waals surface area (Å²) in [5.41, 5.74) is 0.858. The molecule has 0 amide bonds. The minimum absolute atomic E-state index is 0. The molecule has 0 unspecified atom stereocenters. The van der Waals surface area contributed by atoms with Gasteiger partial charge in [0, 0.05) is 30.4 Å². The van der Waals surface area contributed by atoms with Gasteiger partial charge in [-0.3, -0.25) is 9.78 Å². The zero-order valence-corrected chi connectivity index (χ0v) is 10.3. The molecule has 0 aromatic carbocycles. The molecule has 0 bridgehead atoms. The molecule has 0 spiro atoms. The number of pyridine rings is 1. The molecule has 2 rings (SSSR count). The molecule has 0 saturated heterocycles. The van der Waals surface area contributed by atoms with E-state index in [1.807, 2.05) is 0 Å². The summed E-state index contributed by atoms with van der Waals surface area (Å²) < 4.78 is 1.58. The van der Waals surface area contributed by atoms with Crippen LogP contribution in [0.15, 0.2) is 36.9 Å². The highest BCUT2D eigenvalue weighted by Gasteiger charge is 2.07. The zero-order chi connectivity index (χ0) is 10.7. The Labute approximate surface area is 110 Å². The lowest BCUT2D eigenvalue weighted by Crippen LogP contribution is -2.09. The van der Waals surface area contributed by atoms with E-state index in [9.17, 15) is 4.79 Å². The molecule has 2 aromatic heterocycles. The number of aromatic nitrogens is 3. The number of nitrogens with zero attached hydrogens (tertiary/aromatic N) is 3. The minimum Gasteiger partial charge on any atom is -0.480 e. The van der Waals surface area contributed by atoms with E-state index in [1.54, 1.807) is 41.5 Å². The van der Waals surface area contributed by atoms with Gasteiger partial charge in [0.2, 0.25) is 0 Å². The molecule has 0 saturated carbocycles. The average Bonchev–Trinajstić information content (AvgIpc) is 2.66. The number of carboxylic acid groups (broad SMARTS) is 1. The summed E-state index contributed by atoms with van der Waals surface area (Å²) in [7, 11) is 0. The van der Waals surface area contributed by atoms with E-state index in [-0.39, 0.29) is 31.4 Å². The Morgan fingerprint density at radius 2 is 1.88 bits per heavy atom. The second-order valence-electron chi connectivity index (χ2n) is 3.01. The number of hydrogen-bond acceptors (Lipinski definition) is 3. The van der Waals surface area contributed by atoms with Gasteiger partial charge in [-0.2, -0.15) is 0 Å². The molecule has 1 N–H and O–H groups in total. The van der Waals surface area contributed by atoms with Gasteiger partial charge >= 0.3 is 5.97 Å². The Kier molecular flexibility index (Phi) is 6.23. The van der Waals surface area contributed by atoms with Crippen molar-refractivity contribution in [1.29, 1.82) is 0 Å². The zero-order valence-electron chi connectivity index (χ0n) is 8.68. The standard InChI is InChI=1S/C10H9N3O2.2ClH/c14-9(15)7-13-6-5-12-10(13)8-1-3-11-4-2-8;;/h1-6H,7H2,(H,14,15);2*1H. The first-order valence-corrected chi connectivity index (χ1v) is 4.40. The van der Waals surface area contributed by atoms with Gasteiger partial charge < -0.3 is 9.67 Å². The molecule has 0 aliphatic carbocycles. The van der Waals surface area contributed by atoms with E-state index < -0.39 is 5.97 Å². The summed E-state index contributed by atoms with van der Waals surface area (Å²) in [5, 5.41) is 8.70. The van der Waals surface area contributed by atoms with Gasteiger partial charge in [-0.25, -0.2) is 4.98 Å². The maximum atomic E-state index is 10.6. The quantitative estimate of drug-likeness (QED) is 0.929. The number of carbonyl (C=O) groups is 1. The molecule has 0 atom stereocenters. The first kappa shape index (κ1) is 15.4. The summed E-state index contributed by atoms with van der Waals surface area (Å²) in [5.74, 6) is -0.247. The number of aliphatic carboxylic acids is 1. The number of carboxylic acids is 1. The molecule has 17 heavy (non-hydrogen) atoms. The fourth-order valence-electron chi connectivity index (χ4n) is 1.34. The van der Waals surface area contributed by atoms with Crippen molar-refractivity contribution in [1.82, 2.24) is 14.5 Å². The summed E-state index contributed by atoms with van der Waals surface area (Å²) in [6, 6.07) is 3.58. The SMILES string of the molecule is Cl.Cl.O=C(O)Cn1ccnc1-c1ccncc1. The summed E-state index contributed by atoms with van der Waals surface area (Å²) in [6.07, 6.45) is 6.52. The molecule has 0 radical (unpaired) electrons. The van der Waals surface area contributed by atoms with Gasteiger partial charge in [0.1, 0.15) is 12.4 Å². The highest BCUT2D eigenvalue weighted by atomic mass is 35.5. The van der Waals surface area contributed by atoms with Crippen LogP contribution in [0.4, 0.5) is 0 Å². The van der Waals surface area contributed by atoms with Crippen molar-refractivity contribution in [2.75, 3.05) is 0 Å². The van der Waals surface area contributed by atoms with Crippen molar-refractivity contribution in [2.24, 2.45) is 0 Å². The highest BCUT2D eigenvalue weighted by Crippen LogP contribution is 2.15. The Morgan fingerprint density at radius 1 is 1.24 bits per heavy atom. The Bertz CT molecular complexity index is 473. The lowest BCUT2D eigenvalue weighted by Gasteiger charge is -2.03. The summed E-state index contributed by atoms with van der Waals surface area (Å²) in [4.78, 5) is 18.6. The third kappa shape index (κ3) is 3.72. The van der Waals surface area contributed by atoms with Crippen LogP contribution in [-0.4, -0.2) is 25.6 Å². The van der Waals surface area contributed by atoms with E-state index >= 15 is 0 Å². The largest absolute Gasteiger partial charge is 0.480 e. The first-order valence-electron chi connectivity index (χ1n) is 4.40. The van der Waals surface area contributed by atoms with Crippen LogP contribution in [0.1, 0.15) is 0 Å². The van der Waals surface area contributed by atoms with Gasteiger partial charge in [-0.15, -0.1) is 24.8 Å². The van der Waals surface area contributed by atoms with Gasteiger partial charge in [-0.05, 0) is 12.1 Å². The molecule has 5 nitrogen and oxygen atoms in total. The van der Waals surface area contributed by atoms with Crippen molar-refractivity contribution in [3.05, 3.63) is 36.9 Å². The van der Waals surface area contributed by atoms with Crippen LogP contribution >= 0.6 is 24.8 Å². The monoisotopic (exact) mass is 275 g/mol. The van der Waals surface area contributed by atoms with E-state index in [1.165, 1.54) is 0 Å². The third-order valence-electron chi connectivity index (χ3n) is 1.96. The van der Waals surface area contributed by atoms with Crippen molar-refractivity contribution in [3.8, 4) is 11.4 Å². The Balaban J connectivity index is 0.00000128. The fourth-order valence-corrected chi connectivity index (χ4v) is 1.34. The van der Waals surface area contributed by atoms with E-state index in [4.69, 9.17) is 5.11 Å². The number of rotatable bonds is 3. The highest BCUT2D eigenvalue weighted by molar-refractivity contribution is 5.85. The molecular formula is C10H11Cl2N3O2. The molecular weight excluding hydrogens is 265 g/mol. The van der Waals surface area contributed by atoms with Crippen molar-refractivity contribution in [3.63, 3.8) is 0 Å². The van der Waals surface area contributed by atoms with Crippen LogP contribution < -0.4 is 0 Å². The van der Waals surface area contributed by atoms with Gasteiger partial charge in [-0.1, -0.05) is 0 Å². The van der Waals surface area contributed by atoms with Crippen LogP contribution in [0.2, 0.25) is 0 Å². The summed E-state index contributed by atoms with van der Waals surface area (Å²) >= 11 is 0. The van der Waals surface area contributed by atoms with Crippen LogP contribution in [0.5, 0.6) is 0 Å². The second kappa shape index (κ2) is 6.88. The smallest absolute Gasteiger partial charge is 0.323 e. The normalized spacial score (nSPS) is 8.94. The van der Waals surface area contributed by atoms with E-state index in [2.05, 4.69) is 9.97 Å². The van der Waals surface area contributed by atoms with Crippen LogP contribution in [0.3, 0.4) is 0 Å². The first-order chi connectivity index (χ1) is 7.27. The van der Waals surface area contributed by atoms with Gasteiger partial charge in [0.25, 0.3) is 0 Å². The van der Waals surface area contributed by atoms with Crippen molar-refractivity contribution >= 4 is 30.8 Å².